The molecule has 0 aliphatic carbocycles. The van der Waals surface area contributed by atoms with Gasteiger partial charge in [0.25, 0.3) is 0 Å². The number of hydrogen-bond donors (Lipinski definition) is 1. The highest BCUT2D eigenvalue weighted by molar-refractivity contribution is 5.61. The van der Waals surface area contributed by atoms with Gasteiger partial charge >= 0.3 is 0 Å². The van der Waals surface area contributed by atoms with Gasteiger partial charge in [-0.3, -0.25) is 14.6 Å². The number of aromatic nitrogens is 3. The molecule has 3 aromatic rings. The van der Waals surface area contributed by atoms with Gasteiger partial charge in [0.2, 0.25) is 0 Å². The molecule has 4 rings (SSSR count). The van der Waals surface area contributed by atoms with E-state index in [2.05, 4.69) is 47.5 Å². The number of benzene rings is 1. The van der Waals surface area contributed by atoms with Crippen molar-refractivity contribution in [2.75, 3.05) is 25.5 Å². The highest BCUT2D eigenvalue weighted by atomic mass is 16.5. The van der Waals surface area contributed by atoms with Crippen molar-refractivity contribution < 1.29 is 4.74 Å². The molecule has 0 saturated carbocycles. The van der Waals surface area contributed by atoms with E-state index in [1.807, 2.05) is 36.0 Å². The summed E-state index contributed by atoms with van der Waals surface area (Å²) in [5.41, 5.74) is 6.77. The maximum absolute atomic E-state index is 5.24. The Morgan fingerprint density at radius 3 is 2.62 bits per heavy atom. The fraction of sp³-hybridized carbons (Fsp3) is 0.391. The Labute approximate surface area is 172 Å². The first-order valence-corrected chi connectivity index (χ1v) is 10.1. The molecule has 6 heteroatoms. The minimum atomic E-state index is 0.461. The summed E-state index contributed by atoms with van der Waals surface area (Å²) in [7, 11) is 3.67. The van der Waals surface area contributed by atoms with E-state index in [4.69, 9.17) is 9.72 Å². The Kier molecular flexibility index (Phi) is 5.53. The topological polar surface area (TPSA) is 55.2 Å². The molecule has 0 bridgehead atoms. The second kappa shape index (κ2) is 8.25. The average molecular weight is 392 g/mol. The molecule has 29 heavy (non-hydrogen) atoms. The monoisotopic (exact) mass is 391 g/mol. The summed E-state index contributed by atoms with van der Waals surface area (Å²) >= 11 is 0. The number of hydrogen-bond acceptors (Lipinski definition) is 5. The Bertz CT molecular complexity index is 979. The molecule has 6 nitrogen and oxygen atoms in total. The van der Waals surface area contributed by atoms with E-state index >= 15 is 0 Å². The molecule has 0 spiro atoms. The van der Waals surface area contributed by atoms with E-state index in [1.54, 1.807) is 7.11 Å². The van der Waals surface area contributed by atoms with Gasteiger partial charge in [0, 0.05) is 60.6 Å². The smallest absolute Gasteiger partial charge is 0.119 e. The van der Waals surface area contributed by atoms with Crippen LogP contribution in [-0.4, -0.2) is 39.9 Å². The fourth-order valence-electron chi connectivity index (χ4n) is 4.08. The fourth-order valence-corrected chi connectivity index (χ4v) is 4.08. The van der Waals surface area contributed by atoms with Crippen molar-refractivity contribution in [3.05, 3.63) is 65.2 Å². The summed E-state index contributed by atoms with van der Waals surface area (Å²) in [6, 6.07) is 12.3. The Morgan fingerprint density at radius 1 is 1.14 bits per heavy atom. The summed E-state index contributed by atoms with van der Waals surface area (Å²) in [4.78, 5) is 7.35. The van der Waals surface area contributed by atoms with Gasteiger partial charge in [-0.1, -0.05) is 0 Å². The maximum atomic E-state index is 5.24. The van der Waals surface area contributed by atoms with E-state index in [9.17, 15) is 0 Å². The van der Waals surface area contributed by atoms with Crippen LogP contribution in [0.1, 0.15) is 35.0 Å². The maximum Gasteiger partial charge on any atom is 0.119 e. The van der Waals surface area contributed by atoms with Gasteiger partial charge in [-0.25, -0.2) is 0 Å². The first kappa shape index (κ1) is 19.5. The number of nitrogens with zero attached hydrogens (tertiary/aromatic N) is 4. The summed E-state index contributed by atoms with van der Waals surface area (Å²) in [5.74, 6) is 1.32. The van der Waals surface area contributed by atoms with Crippen LogP contribution in [0.25, 0.3) is 0 Å². The number of rotatable bonds is 6. The third-order valence-electron chi connectivity index (χ3n) is 5.55. The molecule has 1 atom stereocenters. The van der Waals surface area contributed by atoms with Gasteiger partial charge in [0.05, 0.1) is 12.8 Å². The molecule has 1 aliphatic heterocycles. The van der Waals surface area contributed by atoms with E-state index in [1.165, 1.54) is 11.3 Å². The van der Waals surface area contributed by atoms with Crippen molar-refractivity contribution in [3.8, 4) is 5.75 Å². The average Bonchev–Trinajstić information content (AvgIpc) is 3.28. The standard InChI is InChI=1S/C23H29N5O/c1-16-11-21(25-20-5-7-22(29-4)8-6-20)12-23(24-16)18-9-10-28(14-18)15-19-13-27(3)26-17(19)2/h5-8,11-13,18H,9-10,14-15H2,1-4H3,(H,24,25)/t18-/m1/s1. The molecule has 3 heterocycles. The van der Waals surface area contributed by atoms with E-state index < -0.39 is 0 Å². The lowest BCUT2D eigenvalue weighted by atomic mass is 10.0. The van der Waals surface area contributed by atoms with Gasteiger partial charge in [-0.05, 0) is 63.2 Å². The second-order valence-corrected chi connectivity index (χ2v) is 7.91. The number of aryl methyl sites for hydroxylation is 3. The van der Waals surface area contributed by atoms with Crippen molar-refractivity contribution in [1.82, 2.24) is 19.7 Å². The molecule has 0 unspecified atom stereocenters. The van der Waals surface area contributed by atoms with Crippen LogP contribution >= 0.6 is 0 Å². The van der Waals surface area contributed by atoms with Crippen LogP contribution in [0.3, 0.4) is 0 Å². The van der Waals surface area contributed by atoms with E-state index in [0.717, 1.165) is 54.6 Å². The van der Waals surface area contributed by atoms with Gasteiger partial charge in [0.15, 0.2) is 0 Å². The van der Waals surface area contributed by atoms with Crippen LogP contribution in [0.4, 0.5) is 11.4 Å². The molecule has 152 valence electrons. The summed E-state index contributed by atoms with van der Waals surface area (Å²) < 4.78 is 7.14. The zero-order chi connectivity index (χ0) is 20.4. The zero-order valence-electron chi connectivity index (χ0n) is 17.6. The highest BCUT2D eigenvalue weighted by Gasteiger charge is 2.26. The summed E-state index contributed by atoms with van der Waals surface area (Å²) in [5, 5.41) is 7.97. The Hall–Kier alpha value is -2.86. The van der Waals surface area contributed by atoms with Crippen molar-refractivity contribution in [2.45, 2.75) is 32.7 Å². The van der Waals surface area contributed by atoms with E-state index in [-0.39, 0.29) is 0 Å². The lowest BCUT2D eigenvalue weighted by Crippen LogP contribution is -2.20. The first-order valence-electron chi connectivity index (χ1n) is 10.1. The number of methoxy groups -OCH3 is 1. The minimum absolute atomic E-state index is 0.461. The molecule has 2 aromatic heterocycles. The summed E-state index contributed by atoms with van der Waals surface area (Å²) in [6.45, 7) is 7.23. The Morgan fingerprint density at radius 2 is 1.93 bits per heavy atom. The van der Waals surface area contributed by atoms with Crippen molar-refractivity contribution in [2.24, 2.45) is 7.05 Å². The predicted molar refractivity (Wildman–Crippen MR) is 116 cm³/mol. The molecule has 1 fully saturated rings. The molecular formula is C23H29N5O. The van der Waals surface area contributed by atoms with Crippen molar-refractivity contribution in [3.63, 3.8) is 0 Å². The molecular weight excluding hydrogens is 362 g/mol. The molecule has 1 saturated heterocycles. The Balaban J connectivity index is 1.45. The molecule has 0 amide bonds. The normalized spacial score (nSPS) is 16.9. The quantitative estimate of drug-likeness (QED) is 0.683. The number of ether oxygens (including phenoxy) is 1. The number of anilines is 2. The summed E-state index contributed by atoms with van der Waals surface area (Å²) in [6.07, 6.45) is 3.27. The largest absolute Gasteiger partial charge is 0.497 e. The third kappa shape index (κ3) is 4.59. The van der Waals surface area contributed by atoms with Gasteiger partial charge < -0.3 is 10.1 Å². The SMILES string of the molecule is COc1ccc(Nc2cc(C)nc([C@@H]3CCN(Cc4cn(C)nc4C)C3)c2)cc1. The van der Waals surface area contributed by atoms with Crippen LogP contribution in [0.2, 0.25) is 0 Å². The number of pyridine rings is 1. The van der Waals surface area contributed by atoms with Crippen molar-refractivity contribution >= 4 is 11.4 Å². The third-order valence-corrected chi connectivity index (χ3v) is 5.55. The van der Waals surface area contributed by atoms with Gasteiger partial charge in [-0.2, -0.15) is 5.10 Å². The zero-order valence-corrected chi connectivity index (χ0v) is 17.6. The molecule has 1 N–H and O–H groups in total. The molecule has 1 aromatic carbocycles. The van der Waals surface area contributed by atoms with Gasteiger partial charge in [-0.15, -0.1) is 0 Å². The van der Waals surface area contributed by atoms with Crippen LogP contribution in [0.15, 0.2) is 42.6 Å². The molecule has 0 radical (unpaired) electrons. The van der Waals surface area contributed by atoms with E-state index in [0.29, 0.717) is 5.92 Å². The first-order chi connectivity index (χ1) is 14.0. The van der Waals surface area contributed by atoms with Crippen molar-refractivity contribution in [1.29, 1.82) is 0 Å². The van der Waals surface area contributed by atoms with Crippen LogP contribution in [0.5, 0.6) is 5.75 Å². The highest BCUT2D eigenvalue weighted by Crippen LogP contribution is 2.30. The lowest BCUT2D eigenvalue weighted by molar-refractivity contribution is 0.325. The lowest BCUT2D eigenvalue weighted by Gasteiger charge is -2.16. The number of nitrogens with one attached hydrogen (secondary N) is 1. The predicted octanol–water partition coefficient (Wildman–Crippen LogP) is 4.17. The van der Waals surface area contributed by atoms with Gasteiger partial charge in [0.1, 0.15) is 5.75 Å². The minimum Gasteiger partial charge on any atom is -0.497 e. The van der Waals surface area contributed by atoms with Crippen LogP contribution in [0, 0.1) is 13.8 Å². The molecule has 1 aliphatic rings. The van der Waals surface area contributed by atoms with Crippen LogP contribution in [-0.2, 0) is 13.6 Å². The van der Waals surface area contributed by atoms with Crippen LogP contribution < -0.4 is 10.1 Å². The number of likely N-dealkylation sites (tertiary alicyclic amines) is 1. The second-order valence-electron chi connectivity index (χ2n) is 7.91.